The van der Waals surface area contributed by atoms with Gasteiger partial charge in [0.25, 0.3) is 0 Å². The van der Waals surface area contributed by atoms with Crippen molar-refractivity contribution in [3.05, 3.63) is 77.9 Å². The molecule has 3 aromatic rings. The smallest absolute Gasteiger partial charge is 0.128 e. The van der Waals surface area contributed by atoms with E-state index in [0.29, 0.717) is 0 Å². The molecule has 0 spiro atoms. The van der Waals surface area contributed by atoms with Gasteiger partial charge in [0.2, 0.25) is 0 Å². The van der Waals surface area contributed by atoms with E-state index in [-0.39, 0.29) is 0 Å². The average Bonchev–Trinajstić information content (AvgIpc) is 2.73. The maximum Gasteiger partial charge on any atom is 0.128 e. The first-order valence-electron chi connectivity index (χ1n) is 9.35. The van der Waals surface area contributed by atoms with Crippen LogP contribution in [-0.4, -0.2) is 15.1 Å². The van der Waals surface area contributed by atoms with E-state index in [1.807, 2.05) is 24.5 Å². The zero-order valence-corrected chi connectivity index (χ0v) is 16.4. The first kappa shape index (κ1) is 19.1. The number of aliphatic imine (C=N–C) groups is 1. The molecule has 0 aliphatic rings. The maximum absolute atomic E-state index is 4.62. The van der Waals surface area contributed by atoms with Crippen LogP contribution in [0.3, 0.4) is 0 Å². The number of isothiocyanates is 1. The molecule has 27 heavy (non-hydrogen) atoms. The number of nitrogens with zero attached hydrogens (tertiary/aromatic N) is 3. The lowest BCUT2D eigenvalue weighted by atomic mass is 10.0. The Bertz CT molecular complexity index is 894. The van der Waals surface area contributed by atoms with E-state index in [4.69, 9.17) is 0 Å². The standard InChI is InChI=1S/C23H23N3S/c1-2-3-4-18-5-10-20(11-6-18)21-15-24-23(25-16-21)14-9-19-7-12-22(13-8-19)26-17-27/h5-8,10-13,15-16H,2-4,9,14H2,1H3. The number of thiocarbonyl (C=S) groups is 1. The number of rotatable bonds is 8. The second kappa shape index (κ2) is 9.86. The highest BCUT2D eigenvalue weighted by Gasteiger charge is 2.03. The lowest BCUT2D eigenvalue weighted by Gasteiger charge is -2.05. The summed E-state index contributed by atoms with van der Waals surface area (Å²) in [5.74, 6) is 0.860. The minimum absolute atomic E-state index is 0.812. The number of hydrogen-bond acceptors (Lipinski definition) is 4. The van der Waals surface area contributed by atoms with Crippen molar-refractivity contribution in [3.8, 4) is 11.1 Å². The van der Waals surface area contributed by atoms with Gasteiger partial charge in [-0.15, -0.1) is 0 Å². The highest BCUT2D eigenvalue weighted by atomic mass is 32.1. The summed E-state index contributed by atoms with van der Waals surface area (Å²) in [7, 11) is 0. The lowest BCUT2D eigenvalue weighted by molar-refractivity contribution is 0.795. The highest BCUT2D eigenvalue weighted by Crippen LogP contribution is 2.19. The van der Waals surface area contributed by atoms with Gasteiger partial charge in [0.1, 0.15) is 5.82 Å². The van der Waals surface area contributed by atoms with Crippen LogP contribution in [-0.2, 0) is 19.3 Å². The molecule has 0 radical (unpaired) electrons. The fourth-order valence-electron chi connectivity index (χ4n) is 2.92. The normalized spacial score (nSPS) is 10.4. The molecule has 0 fully saturated rings. The minimum Gasteiger partial charge on any atom is -0.241 e. The van der Waals surface area contributed by atoms with Gasteiger partial charge in [-0.3, -0.25) is 0 Å². The summed E-state index contributed by atoms with van der Waals surface area (Å²) in [6.45, 7) is 2.22. The van der Waals surface area contributed by atoms with Crippen LogP contribution in [0.15, 0.2) is 65.9 Å². The minimum atomic E-state index is 0.812. The number of hydrogen-bond donors (Lipinski definition) is 0. The predicted molar refractivity (Wildman–Crippen MR) is 115 cm³/mol. The van der Waals surface area contributed by atoms with Crippen LogP contribution < -0.4 is 0 Å². The third-order valence-corrected chi connectivity index (χ3v) is 4.65. The molecule has 1 heterocycles. The molecule has 0 bridgehead atoms. The van der Waals surface area contributed by atoms with E-state index in [1.54, 1.807) is 0 Å². The van der Waals surface area contributed by atoms with Crippen LogP contribution in [0.4, 0.5) is 5.69 Å². The molecule has 0 saturated carbocycles. The van der Waals surface area contributed by atoms with Crippen molar-refractivity contribution in [2.75, 3.05) is 0 Å². The Hall–Kier alpha value is -2.68. The topological polar surface area (TPSA) is 38.1 Å². The molecule has 0 aliphatic carbocycles. The van der Waals surface area contributed by atoms with Gasteiger partial charge in [0, 0.05) is 24.4 Å². The molecule has 0 N–H and O–H groups in total. The summed E-state index contributed by atoms with van der Waals surface area (Å²) in [4.78, 5) is 13.0. The quantitative estimate of drug-likeness (QED) is 0.359. The monoisotopic (exact) mass is 373 g/mol. The van der Waals surface area contributed by atoms with Crippen molar-refractivity contribution < 1.29 is 0 Å². The largest absolute Gasteiger partial charge is 0.241 e. The Morgan fingerprint density at radius 3 is 2.07 bits per heavy atom. The van der Waals surface area contributed by atoms with Crippen LogP contribution in [0.2, 0.25) is 0 Å². The molecule has 0 aliphatic heterocycles. The Morgan fingerprint density at radius 1 is 0.815 bits per heavy atom. The zero-order chi connectivity index (χ0) is 18.9. The number of aryl methyl sites for hydroxylation is 3. The van der Waals surface area contributed by atoms with Gasteiger partial charge in [0.15, 0.2) is 0 Å². The van der Waals surface area contributed by atoms with E-state index in [2.05, 4.69) is 75.7 Å². The first-order chi connectivity index (χ1) is 13.3. The molecule has 0 amide bonds. The summed E-state index contributed by atoms with van der Waals surface area (Å²) in [5, 5.41) is 2.38. The fraction of sp³-hybridized carbons (Fsp3) is 0.261. The SMILES string of the molecule is CCCCc1ccc(-c2cnc(CCc3ccc(N=C=S)cc3)nc2)cc1. The third kappa shape index (κ3) is 5.65. The molecular weight excluding hydrogens is 350 g/mol. The van der Waals surface area contributed by atoms with Crippen LogP contribution in [0.5, 0.6) is 0 Å². The zero-order valence-electron chi connectivity index (χ0n) is 15.6. The second-order valence-corrected chi connectivity index (χ2v) is 6.74. The van der Waals surface area contributed by atoms with E-state index in [0.717, 1.165) is 41.9 Å². The molecule has 0 saturated heterocycles. The van der Waals surface area contributed by atoms with Crippen LogP contribution in [0.1, 0.15) is 36.7 Å². The van der Waals surface area contributed by atoms with Crippen molar-refractivity contribution in [1.82, 2.24) is 9.97 Å². The maximum atomic E-state index is 4.62. The molecule has 0 unspecified atom stereocenters. The average molecular weight is 374 g/mol. The predicted octanol–water partition coefficient (Wildman–Crippen LogP) is 6.01. The summed E-state index contributed by atoms with van der Waals surface area (Å²) < 4.78 is 0. The van der Waals surface area contributed by atoms with Crippen LogP contribution >= 0.6 is 12.2 Å². The summed E-state index contributed by atoms with van der Waals surface area (Å²) >= 11 is 4.62. The van der Waals surface area contributed by atoms with Gasteiger partial charge in [0.05, 0.1) is 10.8 Å². The van der Waals surface area contributed by atoms with Crippen molar-refractivity contribution in [3.63, 3.8) is 0 Å². The summed E-state index contributed by atoms with van der Waals surface area (Å²) in [6.07, 6.45) is 9.15. The molecule has 3 rings (SSSR count). The van der Waals surface area contributed by atoms with Gasteiger partial charge in [-0.2, -0.15) is 4.99 Å². The van der Waals surface area contributed by atoms with Gasteiger partial charge < -0.3 is 0 Å². The highest BCUT2D eigenvalue weighted by molar-refractivity contribution is 7.78. The first-order valence-corrected chi connectivity index (χ1v) is 9.76. The Kier molecular flexibility index (Phi) is 6.97. The fourth-order valence-corrected chi connectivity index (χ4v) is 3.03. The number of unbranched alkanes of at least 4 members (excludes halogenated alkanes) is 1. The van der Waals surface area contributed by atoms with E-state index < -0.39 is 0 Å². The second-order valence-electron chi connectivity index (χ2n) is 6.56. The number of benzene rings is 2. The molecule has 4 heteroatoms. The van der Waals surface area contributed by atoms with Crippen molar-refractivity contribution in [2.24, 2.45) is 4.99 Å². The van der Waals surface area contributed by atoms with Crippen LogP contribution in [0.25, 0.3) is 11.1 Å². The van der Waals surface area contributed by atoms with Gasteiger partial charge in [-0.05, 0) is 60.3 Å². The Labute approximate surface area is 166 Å². The molecule has 136 valence electrons. The van der Waals surface area contributed by atoms with Gasteiger partial charge in [-0.25, -0.2) is 9.97 Å². The Balaban J connectivity index is 1.59. The van der Waals surface area contributed by atoms with E-state index in [1.165, 1.54) is 24.0 Å². The molecular formula is C23H23N3S. The Morgan fingerprint density at radius 2 is 1.44 bits per heavy atom. The number of aromatic nitrogens is 2. The van der Waals surface area contributed by atoms with E-state index in [9.17, 15) is 0 Å². The van der Waals surface area contributed by atoms with Crippen molar-refractivity contribution in [2.45, 2.75) is 39.0 Å². The van der Waals surface area contributed by atoms with Crippen LogP contribution in [0, 0.1) is 0 Å². The summed E-state index contributed by atoms with van der Waals surface area (Å²) in [5.41, 5.74) is 5.67. The molecule has 2 aromatic carbocycles. The molecule has 0 atom stereocenters. The van der Waals surface area contributed by atoms with Gasteiger partial charge in [-0.1, -0.05) is 49.7 Å². The van der Waals surface area contributed by atoms with Gasteiger partial charge >= 0.3 is 0 Å². The molecule has 3 nitrogen and oxygen atoms in total. The molecule has 1 aromatic heterocycles. The van der Waals surface area contributed by atoms with E-state index >= 15 is 0 Å². The van der Waals surface area contributed by atoms with Crippen molar-refractivity contribution in [1.29, 1.82) is 0 Å². The lowest BCUT2D eigenvalue weighted by Crippen LogP contribution is -1.98. The van der Waals surface area contributed by atoms with Crippen molar-refractivity contribution >= 4 is 23.1 Å². The third-order valence-electron chi connectivity index (χ3n) is 4.56. The summed E-state index contributed by atoms with van der Waals surface area (Å²) in [6, 6.07) is 16.7.